The lowest BCUT2D eigenvalue weighted by atomic mass is 9.76. The van der Waals surface area contributed by atoms with Crippen LogP contribution in [0, 0.1) is 12.7 Å². The number of urea groups is 1. The minimum Gasteiger partial charge on any atom is -0.379 e. The number of hydrazine groups is 1. The van der Waals surface area contributed by atoms with Gasteiger partial charge in [-0.2, -0.15) is 0 Å². The highest BCUT2D eigenvalue weighted by Crippen LogP contribution is 2.41. The average molecular weight is 743 g/mol. The molecule has 4 N–H and O–H groups in total. The van der Waals surface area contributed by atoms with Gasteiger partial charge >= 0.3 is 6.03 Å². The van der Waals surface area contributed by atoms with Crippen LogP contribution in [0.25, 0.3) is 5.69 Å². The van der Waals surface area contributed by atoms with Crippen LogP contribution in [0.5, 0.6) is 0 Å². The summed E-state index contributed by atoms with van der Waals surface area (Å²) in [5.41, 5.74) is 5.54. The Morgan fingerprint density at radius 2 is 1.96 bits per heavy atom. The molecule has 2 unspecified atom stereocenters. The van der Waals surface area contributed by atoms with Gasteiger partial charge < -0.3 is 4.74 Å². The second kappa shape index (κ2) is 14.6. The van der Waals surface area contributed by atoms with Gasteiger partial charge in [-0.1, -0.05) is 67.1 Å². The summed E-state index contributed by atoms with van der Waals surface area (Å²) in [6, 6.07) is 4.13. The highest BCUT2D eigenvalue weighted by molar-refractivity contribution is 7.99. The first-order chi connectivity index (χ1) is 22.6. The highest BCUT2D eigenvalue weighted by atomic mass is 35.5. The maximum atomic E-state index is 14.9. The third-order valence-electron chi connectivity index (χ3n) is 8.92. The number of rotatable bonds is 10. The molecule has 2 heterocycles. The Kier molecular flexibility index (Phi) is 11.1. The molecule has 0 radical (unpaired) electrons. The Bertz CT molecular complexity index is 1870. The molecule has 2 aromatic rings. The van der Waals surface area contributed by atoms with Crippen molar-refractivity contribution in [3.05, 3.63) is 75.9 Å². The third-order valence-corrected chi connectivity index (χ3v) is 13.3. The van der Waals surface area contributed by atoms with E-state index in [9.17, 15) is 26.0 Å². The molecule has 1 saturated heterocycles. The van der Waals surface area contributed by atoms with Gasteiger partial charge in [-0.3, -0.25) is 9.99 Å². The number of nitrogens with two attached hydrogens (primary N) is 1. The predicted molar refractivity (Wildman–Crippen MR) is 184 cm³/mol. The van der Waals surface area contributed by atoms with Gasteiger partial charge in [0.05, 0.1) is 36.0 Å². The van der Waals surface area contributed by atoms with E-state index in [1.807, 2.05) is 30.6 Å². The number of benzene rings is 1. The van der Waals surface area contributed by atoms with E-state index in [-0.39, 0.29) is 12.2 Å². The lowest BCUT2D eigenvalue weighted by Gasteiger charge is -2.33. The van der Waals surface area contributed by atoms with Gasteiger partial charge in [0.15, 0.2) is 5.16 Å². The van der Waals surface area contributed by atoms with Gasteiger partial charge in [-0.25, -0.2) is 45.9 Å². The number of morpholine rings is 1. The monoisotopic (exact) mass is 742 g/mol. The van der Waals surface area contributed by atoms with Crippen molar-refractivity contribution in [3.63, 3.8) is 0 Å². The van der Waals surface area contributed by atoms with Gasteiger partial charge in [0, 0.05) is 35.7 Å². The molecule has 2 atom stereocenters. The molecule has 0 bridgehead atoms. The van der Waals surface area contributed by atoms with Crippen molar-refractivity contribution in [1.29, 1.82) is 0 Å². The number of nitrogens with one attached hydrogen (secondary N) is 2. The molecule has 2 aliphatic carbocycles. The maximum Gasteiger partial charge on any atom is 0.342 e. The van der Waals surface area contributed by atoms with Crippen LogP contribution in [0.1, 0.15) is 50.8 Å². The molecule has 1 aliphatic heterocycles. The SMILES string of the molecule is Cc1ccc(-n2c(C(C)(C)C3=CCC(S(N)(=O)=O)CC3)cnc2SCC2=C(Cl)CC(S(=O)(=O)NC(=O)NN3CCOCC3)C=C2)cc1F. The largest absolute Gasteiger partial charge is 0.379 e. The van der Waals surface area contributed by atoms with Gasteiger partial charge in [-0.05, 0) is 49.5 Å². The molecule has 5 rings (SSSR count). The number of aromatic nitrogens is 2. The topological polar surface area (TPSA) is 166 Å². The molecule has 1 fully saturated rings. The lowest BCUT2D eigenvalue weighted by molar-refractivity contribution is 0.0200. The first kappa shape index (κ1) is 36.5. The Morgan fingerprint density at radius 1 is 1.23 bits per heavy atom. The number of imidazole rings is 1. The molecule has 48 heavy (non-hydrogen) atoms. The third kappa shape index (κ3) is 8.34. The number of nitrogens with zero attached hydrogens (tertiary/aromatic N) is 3. The van der Waals surface area contributed by atoms with Crippen molar-refractivity contribution in [2.24, 2.45) is 5.14 Å². The molecular formula is C31H40ClFN6O6S3. The first-order valence-electron chi connectivity index (χ1n) is 15.5. The normalized spacial score (nSPS) is 21.2. The summed E-state index contributed by atoms with van der Waals surface area (Å²) in [7, 11) is -7.72. The molecule has 0 spiro atoms. The van der Waals surface area contributed by atoms with Crippen LogP contribution in [-0.4, -0.2) is 80.0 Å². The maximum absolute atomic E-state index is 14.9. The quantitative estimate of drug-likeness (QED) is 0.240. The Balaban J connectivity index is 1.34. The molecule has 0 saturated carbocycles. The number of hydrogen-bond donors (Lipinski definition) is 3. The smallest absolute Gasteiger partial charge is 0.342 e. The summed E-state index contributed by atoms with van der Waals surface area (Å²) in [5, 5.41) is 6.23. The van der Waals surface area contributed by atoms with Crippen LogP contribution in [-0.2, 0) is 30.2 Å². The van der Waals surface area contributed by atoms with Crippen LogP contribution >= 0.6 is 23.4 Å². The van der Waals surface area contributed by atoms with E-state index in [1.165, 1.54) is 23.9 Å². The van der Waals surface area contributed by atoms with Crippen molar-refractivity contribution in [1.82, 2.24) is 24.7 Å². The predicted octanol–water partition coefficient (Wildman–Crippen LogP) is 4.15. The van der Waals surface area contributed by atoms with Crippen molar-refractivity contribution in [2.75, 3.05) is 32.1 Å². The molecular weight excluding hydrogens is 703 g/mol. The van der Waals surface area contributed by atoms with E-state index in [0.717, 1.165) is 11.3 Å². The number of ether oxygens (including phenoxy) is 1. The fourth-order valence-electron chi connectivity index (χ4n) is 5.91. The Morgan fingerprint density at radius 3 is 2.58 bits per heavy atom. The van der Waals surface area contributed by atoms with E-state index in [0.29, 0.717) is 78.3 Å². The number of halogens is 2. The van der Waals surface area contributed by atoms with Crippen LogP contribution in [0.15, 0.2) is 64.0 Å². The molecule has 2 amide bonds. The molecule has 1 aromatic heterocycles. The molecule has 1 aromatic carbocycles. The minimum atomic E-state index is -4.07. The number of thioether (sulfide) groups is 1. The van der Waals surface area contributed by atoms with Crippen LogP contribution in [0.4, 0.5) is 9.18 Å². The first-order valence-corrected chi connectivity index (χ1v) is 20.0. The summed E-state index contributed by atoms with van der Waals surface area (Å²) in [6.45, 7) is 7.50. The summed E-state index contributed by atoms with van der Waals surface area (Å²) < 4.78 is 73.9. The number of aryl methyl sites for hydroxylation is 1. The second-order valence-corrected chi connectivity index (χ2v) is 17.7. The summed E-state index contributed by atoms with van der Waals surface area (Å²) in [6.07, 6.45) is 8.07. The Labute approximate surface area is 290 Å². The van der Waals surface area contributed by atoms with E-state index in [2.05, 4.69) is 10.1 Å². The van der Waals surface area contributed by atoms with E-state index >= 15 is 0 Å². The molecule has 12 nitrogen and oxygen atoms in total. The number of allylic oxidation sites excluding steroid dienone is 4. The zero-order chi connectivity index (χ0) is 34.9. The lowest BCUT2D eigenvalue weighted by Crippen LogP contribution is -2.53. The number of hydrogen-bond acceptors (Lipinski definition) is 9. The van der Waals surface area contributed by atoms with Gasteiger partial charge in [0.25, 0.3) is 0 Å². The number of amides is 2. The molecule has 3 aliphatic rings. The summed E-state index contributed by atoms with van der Waals surface area (Å²) in [4.78, 5) is 17.1. The Hall–Kier alpha value is -2.73. The van der Waals surface area contributed by atoms with E-state index in [4.69, 9.17) is 26.5 Å². The molecule has 17 heteroatoms. The van der Waals surface area contributed by atoms with Gasteiger partial charge in [0.2, 0.25) is 20.0 Å². The zero-order valence-corrected chi connectivity index (χ0v) is 30.1. The second-order valence-electron chi connectivity index (χ2n) is 12.5. The van der Waals surface area contributed by atoms with Crippen LogP contribution < -0.4 is 15.3 Å². The fourth-order valence-corrected chi connectivity index (χ4v) is 9.33. The van der Waals surface area contributed by atoms with Gasteiger partial charge in [0.1, 0.15) is 11.1 Å². The summed E-state index contributed by atoms with van der Waals surface area (Å²) in [5.74, 6) is -0.0222. The minimum absolute atomic E-state index is 0.0162. The molecule has 262 valence electrons. The zero-order valence-electron chi connectivity index (χ0n) is 26.9. The van der Waals surface area contributed by atoms with E-state index < -0.39 is 42.0 Å². The van der Waals surface area contributed by atoms with Crippen molar-refractivity contribution < 1.29 is 30.8 Å². The van der Waals surface area contributed by atoms with Crippen molar-refractivity contribution in [2.45, 2.75) is 67.5 Å². The number of carbonyl (C=O) groups is 1. The highest BCUT2D eigenvalue weighted by Gasteiger charge is 2.35. The summed E-state index contributed by atoms with van der Waals surface area (Å²) >= 11 is 7.99. The number of primary sulfonamides is 1. The van der Waals surface area contributed by atoms with E-state index in [1.54, 1.807) is 30.3 Å². The fraction of sp³-hybridized carbons (Fsp3) is 0.484. The number of carbonyl (C=O) groups excluding carboxylic acids is 1. The van der Waals surface area contributed by atoms with Gasteiger partial charge in [-0.15, -0.1) is 0 Å². The van der Waals surface area contributed by atoms with Crippen LogP contribution in [0.2, 0.25) is 0 Å². The van der Waals surface area contributed by atoms with Crippen molar-refractivity contribution >= 4 is 49.4 Å². The van der Waals surface area contributed by atoms with Crippen LogP contribution in [0.3, 0.4) is 0 Å². The number of sulfonamides is 2. The average Bonchev–Trinajstić information content (AvgIpc) is 3.46. The standard InChI is InChI=1S/C31H40ClFN6O6S3/c1-20-4-8-23(16-27(20)33)39-28(31(2,3)22-6-10-24(11-7-22)47(34,41)42)18-35-30(39)46-19-21-5-9-25(17-26(21)32)48(43,44)37-29(40)36-38-12-14-45-15-13-38/h4-6,8-9,16,18,24-25H,7,10-15,17,19H2,1-3H3,(H2,34,41,42)(H2,36,37,40). The van der Waals surface area contributed by atoms with Crippen molar-refractivity contribution in [3.8, 4) is 5.69 Å².